The van der Waals surface area contributed by atoms with Crippen molar-refractivity contribution in [2.75, 3.05) is 0 Å². The Kier molecular flexibility index (Phi) is 150. The maximum atomic E-state index is 0. The third-order valence-corrected chi connectivity index (χ3v) is 0. The van der Waals surface area contributed by atoms with E-state index >= 15 is 0 Å². The van der Waals surface area contributed by atoms with E-state index in [0.717, 1.165) is 0 Å². The molecule has 0 saturated heterocycles. The molecule has 0 N–H and O–H groups in total. The number of hydrogen-bond donors (Lipinski definition) is 0. The van der Waals surface area contributed by atoms with Gasteiger partial charge in [-0.25, -0.2) is 0 Å². The summed E-state index contributed by atoms with van der Waals surface area (Å²) in [4.78, 5) is 0. The zero-order chi connectivity index (χ0) is 0. The molecule has 0 aromatic carbocycles. The summed E-state index contributed by atoms with van der Waals surface area (Å²) >= 11 is 0. The summed E-state index contributed by atoms with van der Waals surface area (Å²) in [5.74, 6) is 0. The van der Waals surface area contributed by atoms with E-state index < -0.39 is 0 Å². The average Bonchev–Trinajstić information content (AvgIpc) is 0. The van der Waals surface area contributed by atoms with Crippen molar-refractivity contribution in [3.05, 3.63) is 0 Å². The molecule has 0 aliphatic carbocycles. The van der Waals surface area contributed by atoms with Gasteiger partial charge < -0.3 is 0 Å². The molecular formula is H10GaInKNaSn. The number of hydrogen-bond acceptors (Lipinski definition) is 0. The number of rotatable bonds is 0. The molecule has 0 heterocycles. The SMILES string of the molecule is [GaH3].[InH3].[KH].[NaH].[SnH2]. The standard InChI is InChI=1S/Ga.In.K.Na.Sn.10H. The minimum atomic E-state index is 0. The summed E-state index contributed by atoms with van der Waals surface area (Å²) in [5.41, 5.74) is 0. The Morgan fingerprint density at radius 2 is 1.00 bits per heavy atom. The van der Waals surface area contributed by atoms with Gasteiger partial charge in [0.15, 0.2) is 0 Å². The van der Waals surface area contributed by atoms with Gasteiger partial charge in [-0.1, -0.05) is 0 Å². The second-order valence-electron chi connectivity index (χ2n) is 0. The molecule has 0 unspecified atom stereocenters. The molecule has 5 heteroatoms. The van der Waals surface area contributed by atoms with Gasteiger partial charge in [-0.05, 0) is 0 Å². The van der Waals surface area contributed by atoms with Crippen LogP contribution in [-0.4, -0.2) is 150 Å². The van der Waals surface area contributed by atoms with Gasteiger partial charge in [0.2, 0.25) is 0 Å². The molecule has 0 bridgehead atoms. The van der Waals surface area contributed by atoms with Crippen LogP contribution in [-0.2, 0) is 0 Å². The molecule has 0 spiro atoms. The average molecular weight is 375 g/mol. The summed E-state index contributed by atoms with van der Waals surface area (Å²) in [7, 11) is 0. The van der Waals surface area contributed by atoms with Crippen LogP contribution in [0.2, 0.25) is 0 Å². The molecule has 2 radical (unpaired) electrons. The van der Waals surface area contributed by atoms with Crippen LogP contribution >= 0.6 is 0 Å². The second-order valence-corrected chi connectivity index (χ2v) is 0. The summed E-state index contributed by atoms with van der Waals surface area (Å²) in [6.45, 7) is 0. The summed E-state index contributed by atoms with van der Waals surface area (Å²) in [5, 5.41) is 0. The zero-order valence-corrected chi connectivity index (χ0v) is 4.74. The van der Waals surface area contributed by atoms with Gasteiger partial charge in [0.05, 0.1) is 0 Å². The second kappa shape index (κ2) is 23.1. The van der Waals surface area contributed by atoms with Gasteiger partial charge in [-0.2, -0.15) is 0 Å². The van der Waals surface area contributed by atoms with Crippen molar-refractivity contribution < 1.29 is 0 Å². The molecule has 0 aliphatic heterocycles. The van der Waals surface area contributed by atoms with Crippen molar-refractivity contribution in [1.82, 2.24) is 0 Å². The van der Waals surface area contributed by atoms with Crippen molar-refractivity contribution in [1.29, 1.82) is 0 Å². The maximum absolute atomic E-state index is 0. The molecule has 0 aromatic heterocycles. The van der Waals surface area contributed by atoms with E-state index in [1.807, 2.05) is 0 Å². The first-order valence-electron chi connectivity index (χ1n) is 0. The Morgan fingerprint density at radius 1 is 1.00 bits per heavy atom. The topological polar surface area (TPSA) is 0 Å². The van der Waals surface area contributed by atoms with Crippen molar-refractivity contribution in [2.45, 2.75) is 0 Å². The summed E-state index contributed by atoms with van der Waals surface area (Å²) in [6.07, 6.45) is 0. The van der Waals surface area contributed by atoms with E-state index in [4.69, 9.17) is 0 Å². The first kappa shape index (κ1) is 32.6. The Hall–Kier alpha value is 4.94. The molecule has 0 fully saturated rings. The third-order valence-electron chi connectivity index (χ3n) is 0. The van der Waals surface area contributed by atoms with E-state index in [0.29, 0.717) is 0 Å². The van der Waals surface area contributed by atoms with Crippen LogP contribution in [0.4, 0.5) is 0 Å². The minimum absolute atomic E-state index is 0. The first-order chi connectivity index (χ1) is 0. The van der Waals surface area contributed by atoms with Gasteiger partial charge in [0, 0.05) is 0 Å². The predicted octanol–water partition coefficient (Wildman–Crippen LogP) is -4.58. The van der Waals surface area contributed by atoms with Crippen molar-refractivity contribution in [3.8, 4) is 0 Å². The van der Waals surface area contributed by atoms with E-state index in [-0.39, 0.29) is 150 Å². The van der Waals surface area contributed by atoms with Gasteiger partial charge in [0.1, 0.15) is 0 Å². The van der Waals surface area contributed by atoms with Crippen LogP contribution in [0.5, 0.6) is 0 Å². The molecule has 0 nitrogen and oxygen atoms in total. The Labute approximate surface area is 146 Å². The van der Waals surface area contributed by atoms with Gasteiger partial charge in [-0.15, -0.1) is 0 Å². The molecular weight excluding hydrogens is 365 g/mol. The van der Waals surface area contributed by atoms with E-state index in [1.54, 1.807) is 0 Å². The van der Waals surface area contributed by atoms with Gasteiger partial charge >= 0.3 is 150 Å². The fourth-order valence-electron chi connectivity index (χ4n) is 0. The first-order valence-corrected chi connectivity index (χ1v) is 0. The van der Waals surface area contributed by atoms with Crippen LogP contribution in [0.15, 0.2) is 0 Å². The Balaban J connectivity index is 0. The molecule has 0 aliphatic rings. The monoisotopic (exact) mass is 376 g/mol. The zero-order valence-electron chi connectivity index (χ0n) is 0.707. The molecule has 0 rings (SSSR count). The van der Waals surface area contributed by atoms with Crippen LogP contribution < -0.4 is 0 Å². The Morgan fingerprint density at radius 3 is 1.00 bits per heavy atom. The summed E-state index contributed by atoms with van der Waals surface area (Å²) < 4.78 is 0. The quantitative estimate of drug-likeness (QED) is 0.374. The molecule has 0 saturated carbocycles. The van der Waals surface area contributed by atoms with E-state index in [2.05, 4.69) is 0 Å². The van der Waals surface area contributed by atoms with Gasteiger partial charge in [0.25, 0.3) is 0 Å². The van der Waals surface area contributed by atoms with Crippen molar-refractivity contribution >= 4 is 150 Å². The molecule has 5 heavy (non-hydrogen) atoms. The van der Waals surface area contributed by atoms with Crippen molar-refractivity contribution in [3.63, 3.8) is 0 Å². The van der Waals surface area contributed by atoms with E-state index in [9.17, 15) is 0 Å². The molecule has 0 atom stereocenters. The fourth-order valence-corrected chi connectivity index (χ4v) is 0. The summed E-state index contributed by atoms with van der Waals surface area (Å²) in [6, 6.07) is 0. The van der Waals surface area contributed by atoms with Gasteiger partial charge in [-0.3, -0.25) is 0 Å². The normalized spacial score (nSPS) is 0. The molecule has 0 amide bonds. The van der Waals surface area contributed by atoms with Crippen molar-refractivity contribution in [2.24, 2.45) is 0 Å². The van der Waals surface area contributed by atoms with Crippen LogP contribution in [0.1, 0.15) is 0 Å². The van der Waals surface area contributed by atoms with E-state index in [1.165, 1.54) is 0 Å². The molecule has 0 aromatic rings. The fraction of sp³-hybridized carbons (Fsp3) is 0. The van der Waals surface area contributed by atoms with Crippen LogP contribution in [0.3, 0.4) is 0 Å². The third kappa shape index (κ3) is 17.6. The predicted molar refractivity (Wildman–Crippen MR) is 42.7 cm³/mol. The van der Waals surface area contributed by atoms with Crippen LogP contribution in [0, 0.1) is 0 Å². The Bertz CT molecular complexity index is 11.6. The van der Waals surface area contributed by atoms with Crippen LogP contribution in [0.25, 0.3) is 0 Å². The molecule has 22 valence electrons.